The van der Waals surface area contributed by atoms with Crippen LogP contribution in [-0.2, 0) is 0 Å². The molecule has 0 fully saturated rings. The van der Waals surface area contributed by atoms with Crippen molar-refractivity contribution in [2.24, 2.45) is 4.99 Å². The van der Waals surface area contributed by atoms with E-state index in [-0.39, 0.29) is 5.78 Å². The molecular weight excluding hydrogens is 332 g/mol. The Morgan fingerprint density at radius 3 is 2.48 bits per heavy atom. The van der Waals surface area contributed by atoms with Crippen molar-refractivity contribution in [2.75, 3.05) is 18.0 Å². The van der Waals surface area contributed by atoms with E-state index in [0.29, 0.717) is 17.1 Å². The topological polar surface area (TPSA) is 32.7 Å². The number of benzene rings is 2. The molecule has 1 aliphatic rings. The zero-order valence-corrected chi connectivity index (χ0v) is 15.3. The quantitative estimate of drug-likeness (QED) is 0.697. The molecule has 3 rings (SSSR count). The van der Waals surface area contributed by atoms with E-state index >= 15 is 0 Å². The molecule has 0 aliphatic carbocycles. The molecule has 1 heterocycles. The van der Waals surface area contributed by atoms with Crippen molar-refractivity contribution in [3.8, 4) is 0 Å². The molecule has 0 unspecified atom stereocenters. The fourth-order valence-electron chi connectivity index (χ4n) is 3.01. The maximum Gasteiger partial charge on any atom is 0.182 e. The summed E-state index contributed by atoms with van der Waals surface area (Å²) in [6.45, 7) is 3.20. The third-order valence-corrected chi connectivity index (χ3v) is 4.73. The van der Waals surface area contributed by atoms with Crippen LogP contribution in [0.1, 0.15) is 41.6 Å². The van der Waals surface area contributed by atoms with E-state index in [9.17, 15) is 4.79 Å². The SMILES string of the molecule is Cc1ccc(N(CC(=O)c2ccc(Cl)cc2)C2=NCCCCC2)cc1. The van der Waals surface area contributed by atoms with E-state index in [1.165, 1.54) is 12.0 Å². The minimum atomic E-state index is 0.0733. The number of Topliss-reactive ketones (excluding diaryl/α,β-unsaturated/α-hetero) is 1. The highest BCUT2D eigenvalue weighted by atomic mass is 35.5. The molecule has 0 radical (unpaired) electrons. The number of aryl methyl sites for hydroxylation is 1. The lowest BCUT2D eigenvalue weighted by atomic mass is 10.1. The number of anilines is 1. The van der Waals surface area contributed by atoms with Crippen molar-refractivity contribution in [1.82, 2.24) is 0 Å². The van der Waals surface area contributed by atoms with Gasteiger partial charge in [0.15, 0.2) is 5.78 Å². The maximum absolute atomic E-state index is 12.8. The lowest BCUT2D eigenvalue weighted by Gasteiger charge is -2.26. The number of aliphatic imine (C=N–C) groups is 1. The number of carbonyl (C=O) groups excluding carboxylic acids is 1. The van der Waals surface area contributed by atoms with Crippen LogP contribution in [0.25, 0.3) is 0 Å². The second kappa shape index (κ2) is 8.30. The van der Waals surface area contributed by atoms with Gasteiger partial charge in [-0.1, -0.05) is 35.7 Å². The lowest BCUT2D eigenvalue weighted by molar-refractivity contribution is 0.100. The number of amidine groups is 1. The average Bonchev–Trinajstić information content (AvgIpc) is 2.90. The van der Waals surface area contributed by atoms with Gasteiger partial charge in [-0.2, -0.15) is 0 Å². The summed E-state index contributed by atoms with van der Waals surface area (Å²) in [7, 11) is 0. The Bertz CT molecular complexity index is 750. The molecule has 0 N–H and O–H groups in total. The Labute approximate surface area is 154 Å². The standard InChI is InChI=1S/C21H23ClN2O/c1-16-6-12-19(13-7-16)24(21-5-3-2-4-14-23-21)15-20(25)17-8-10-18(22)11-9-17/h6-13H,2-5,14-15H2,1H3. The molecule has 1 aliphatic heterocycles. The molecule has 4 heteroatoms. The molecule has 0 amide bonds. The maximum atomic E-state index is 12.8. The fraction of sp³-hybridized carbons (Fsp3) is 0.333. The van der Waals surface area contributed by atoms with Crippen LogP contribution in [0, 0.1) is 6.92 Å². The summed E-state index contributed by atoms with van der Waals surface area (Å²) < 4.78 is 0. The minimum absolute atomic E-state index is 0.0733. The largest absolute Gasteiger partial charge is 0.322 e. The van der Waals surface area contributed by atoms with Crippen molar-refractivity contribution < 1.29 is 4.79 Å². The van der Waals surface area contributed by atoms with E-state index < -0.39 is 0 Å². The number of halogens is 1. The lowest BCUT2D eigenvalue weighted by Crippen LogP contribution is -2.36. The first kappa shape index (κ1) is 17.7. The molecule has 0 aromatic heterocycles. The molecule has 0 saturated heterocycles. The molecule has 0 spiro atoms. The smallest absolute Gasteiger partial charge is 0.182 e. The van der Waals surface area contributed by atoms with Crippen molar-refractivity contribution in [3.63, 3.8) is 0 Å². The van der Waals surface area contributed by atoms with Gasteiger partial charge in [0.1, 0.15) is 5.84 Å². The van der Waals surface area contributed by atoms with Crippen LogP contribution in [-0.4, -0.2) is 24.7 Å². The molecular formula is C21H23ClN2O. The van der Waals surface area contributed by atoms with Crippen LogP contribution in [0.4, 0.5) is 5.69 Å². The Kier molecular flexibility index (Phi) is 5.87. The molecule has 0 bridgehead atoms. The van der Waals surface area contributed by atoms with Gasteiger partial charge in [-0.15, -0.1) is 0 Å². The van der Waals surface area contributed by atoms with Gasteiger partial charge in [-0.25, -0.2) is 0 Å². The summed E-state index contributed by atoms with van der Waals surface area (Å²) in [6, 6.07) is 15.4. The van der Waals surface area contributed by atoms with Crippen LogP contribution in [0.15, 0.2) is 53.5 Å². The van der Waals surface area contributed by atoms with Crippen molar-refractivity contribution in [2.45, 2.75) is 32.6 Å². The highest BCUT2D eigenvalue weighted by Gasteiger charge is 2.19. The minimum Gasteiger partial charge on any atom is -0.322 e. The molecule has 25 heavy (non-hydrogen) atoms. The van der Waals surface area contributed by atoms with E-state index in [0.717, 1.165) is 37.3 Å². The molecule has 130 valence electrons. The van der Waals surface area contributed by atoms with Crippen molar-refractivity contribution in [1.29, 1.82) is 0 Å². The van der Waals surface area contributed by atoms with Gasteiger partial charge in [0.05, 0.1) is 6.54 Å². The second-order valence-electron chi connectivity index (χ2n) is 6.46. The van der Waals surface area contributed by atoms with E-state index in [1.807, 2.05) is 0 Å². The van der Waals surface area contributed by atoms with Gasteiger partial charge in [0.2, 0.25) is 0 Å². The van der Waals surface area contributed by atoms with Gasteiger partial charge in [-0.3, -0.25) is 9.79 Å². The highest BCUT2D eigenvalue weighted by molar-refractivity contribution is 6.30. The predicted molar refractivity (Wildman–Crippen MR) is 105 cm³/mol. The van der Waals surface area contributed by atoms with Crippen LogP contribution in [0.3, 0.4) is 0 Å². The fourth-order valence-corrected chi connectivity index (χ4v) is 3.13. The molecule has 0 atom stereocenters. The van der Waals surface area contributed by atoms with Crippen LogP contribution in [0.2, 0.25) is 5.02 Å². The van der Waals surface area contributed by atoms with Crippen LogP contribution in [0.5, 0.6) is 0 Å². The first-order chi connectivity index (χ1) is 12.1. The Morgan fingerprint density at radius 2 is 1.76 bits per heavy atom. The number of carbonyl (C=O) groups is 1. The second-order valence-corrected chi connectivity index (χ2v) is 6.90. The average molecular weight is 355 g/mol. The van der Waals surface area contributed by atoms with Gasteiger partial charge in [0, 0.05) is 29.2 Å². The van der Waals surface area contributed by atoms with Gasteiger partial charge in [0.25, 0.3) is 0 Å². The number of rotatable bonds is 4. The number of hydrogen-bond acceptors (Lipinski definition) is 3. The van der Waals surface area contributed by atoms with Crippen molar-refractivity contribution >= 4 is 28.9 Å². The number of hydrogen-bond donors (Lipinski definition) is 0. The summed E-state index contributed by atoms with van der Waals surface area (Å²) in [5.41, 5.74) is 2.90. The van der Waals surface area contributed by atoms with Crippen LogP contribution >= 0.6 is 11.6 Å². The zero-order chi connectivity index (χ0) is 17.6. The molecule has 2 aromatic carbocycles. The van der Waals surface area contributed by atoms with E-state index in [4.69, 9.17) is 16.6 Å². The highest BCUT2D eigenvalue weighted by Crippen LogP contribution is 2.21. The molecule has 3 nitrogen and oxygen atoms in total. The van der Waals surface area contributed by atoms with Crippen molar-refractivity contribution in [3.05, 3.63) is 64.7 Å². The third kappa shape index (κ3) is 4.70. The summed E-state index contributed by atoms with van der Waals surface area (Å²) >= 11 is 5.93. The summed E-state index contributed by atoms with van der Waals surface area (Å²) in [5.74, 6) is 1.09. The summed E-state index contributed by atoms with van der Waals surface area (Å²) in [6.07, 6.45) is 4.36. The Balaban J connectivity index is 1.87. The van der Waals surface area contributed by atoms with Gasteiger partial charge < -0.3 is 4.90 Å². The first-order valence-electron chi connectivity index (χ1n) is 8.80. The van der Waals surface area contributed by atoms with Crippen LogP contribution < -0.4 is 4.90 Å². The summed E-state index contributed by atoms with van der Waals surface area (Å²) in [4.78, 5) is 19.6. The van der Waals surface area contributed by atoms with E-state index in [1.54, 1.807) is 24.3 Å². The normalized spacial score (nSPS) is 14.6. The summed E-state index contributed by atoms with van der Waals surface area (Å²) in [5, 5.41) is 0.639. The molecule has 2 aromatic rings. The third-order valence-electron chi connectivity index (χ3n) is 4.48. The number of ketones is 1. The Hall–Kier alpha value is -2.13. The van der Waals surface area contributed by atoms with E-state index in [2.05, 4.69) is 36.1 Å². The predicted octanol–water partition coefficient (Wildman–Crippen LogP) is 5.31. The van der Waals surface area contributed by atoms with Gasteiger partial charge in [-0.05, 0) is 56.2 Å². The first-order valence-corrected chi connectivity index (χ1v) is 9.17. The molecule has 0 saturated carbocycles. The monoisotopic (exact) mass is 354 g/mol. The number of nitrogens with zero attached hydrogens (tertiary/aromatic N) is 2. The zero-order valence-electron chi connectivity index (χ0n) is 14.5. The van der Waals surface area contributed by atoms with Gasteiger partial charge >= 0.3 is 0 Å². The Morgan fingerprint density at radius 1 is 1.04 bits per heavy atom.